The van der Waals surface area contributed by atoms with Crippen molar-refractivity contribution in [2.75, 3.05) is 11.9 Å². The average molecular weight is 217 g/mol. The summed E-state index contributed by atoms with van der Waals surface area (Å²) in [4.78, 5) is 26.0. The Morgan fingerprint density at radius 3 is 2.94 bits per heavy atom. The number of nitrogens with one attached hydrogen (secondary N) is 2. The van der Waals surface area contributed by atoms with Gasteiger partial charge in [0.1, 0.15) is 0 Å². The van der Waals surface area contributed by atoms with Crippen molar-refractivity contribution in [2.24, 2.45) is 7.05 Å². The van der Waals surface area contributed by atoms with Crippen molar-refractivity contribution in [1.29, 1.82) is 0 Å². The van der Waals surface area contributed by atoms with Crippen LogP contribution in [-0.4, -0.2) is 16.1 Å². The van der Waals surface area contributed by atoms with E-state index in [1.165, 1.54) is 7.05 Å². The summed E-state index contributed by atoms with van der Waals surface area (Å²) in [5.41, 5.74) is 2.12. The van der Waals surface area contributed by atoms with Crippen LogP contribution in [0.15, 0.2) is 21.7 Å². The second-order valence-electron chi connectivity index (χ2n) is 4.03. The van der Waals surface area contributed by atoms with Crippen molar-refractivity contribution in [2.45, 2.75) is 6.42 Å². The molecule has 0 saturated heterocycles. The predicted octanol–water partition coefficient (Wildman–Crippen LogP) is 0.195. The molecule has 5 nitrogen and oxygen atoms in total. The van der Waals surface area contributed by atoms with Crippen LogP contribution in [0.5, 0.6) is 0 Å². The quantitative estimate of drug-likeness (QED) is 0.662. The lowest BCUT2D eigenvalue weighted by Crippen LogP contribution is -2.32. The maximum atomic E-state index is 11.9. The molecule has 0 spiro atoms. The number of aromatic nitrogens is 2. The van der Waals surface area contributed by atoms with Gasteiger partial charge >= 0.3 is 5.69 Å². The molecular weight excluding hydrogens is 206 g/mol. The molecule has 1 aromatic heterocycles. The number of benzene rings is 1. The third kappa shape index (κ3) is 1.11. The van der Waals surface area contributed by atoms with Crippen molar-refractivity contribution >= 4 is 16.6 Å². The third-order valence-electron chi connectivity index (χ3n) is 3.03. The minimum Gasteiger partial charge on any atom is -0.384 e. The van der Waals surface area contributed by atoms with E-state index in [1.54, 1.807) is 0 Å². The van der Waals surface area contributed by atoms with Gasteiger partial charge in [-0.05, 0) is 24.1 Å². The van der Waals surface area contributed by atoms with Gasteiger partial charge in [0.25, 0.3) is 5.56 Å². The Bertz CT molecular complexity index is 697. The van der Waals surface area contributed by atoms with E-state index in [4.69, 9.17) is 0 Å². The number of anilines is 1. The molecule has 2 aromatic rings. The van der Waals surface area contributed by atoms with Crippen molar-refractivity contribution < 1.29 is 0 Å². The second kappa shape index (κ2) is 2.98. The SMILES string of the molecule is Cn1c(=O)[nH]c2cc3c(cc2c1=O)CCN3. The number of fused-ring (bicyclic) bond motifs is 2. The Kier molecular flexibility index (Phi) is 1.71. The van der Waals surface area contributed by atoms with Gasteiger partial charge in [-0.25, -0.2) is 4.79 Å². The van der Waals surface area contributed by atoms with E-state index in [0.717, 1.165) is 28.8 Å². The summed E-state index contributed by atoms with van der Waals surface area (Å²) in [5.74, 6) is 0. The lowest BCUT2D eigenvalue weighted by Gasteiger charge is -2.04. The molecule has 3 rings (SSSR count). The number of H-pyrrole nitrogens is 1. The minimum absolute atomic E-state index is 0.242. The maximum Gasteiger partial charge on any atom is 0.328 e. The molecule has 0 fully saturated rings. The van der Waals surface area contributed by atoms with Gasteiger partial charge in [0, 0.05) is 19.3 Å². The number of hydrogen-bond acceptors (Lipinski definition) is 3. The Labute approximate surface area is 90.7 Å². The van der Waals surface area contributed by atoms with Gasteiger partial charge in [0.2, 0.25) is 0 Å². The van der Waals surface area contributed by atoms with Crippen LogP contribution in [0.4, 0.5) is 5.69 Å². The van der Waals surface area contributed by atoms with Gasteiger partial charge in [-0.15, -0.1) is 0 Å². The molecule has 0 unspecified atom stereocenters. The van der Waals surface area contributed by atoms with E-state index in [0.29, 0.717) is 10.9 Å². The van der Waals surface area contributed by atoms with Crippen molar-refractivity contribution in [3.05, 3.63) is 38.5 Å². The fraction of sp³-hybridized carbons (Fsp3) is 0.273. The molecule has 16 heavy (non-hydrogen) atoms. The van der Waals surface area contributed by atoms with Crippen molar-refractivity contribution in [1.82, 2.24) is 9.55 Å². The first-order valence-electron chi connectivity index (χ1n) is 5.16. The molecule has 1 aliphatic heterocycles. The zero-order valence-corrected chi connectivity index (χ0v) is 8.83. The molecule has 82 valence electrons. The molecular formula is C11H11N3O2. The van der Waals surface area contributed by atoms with Gasteiger partial charge < -0.3 is 10.3 Å². The highest BCUT2D eigenvalue weighted by Crippen LogP contribution is 2.24. The normalized spacial score (nSPS) is 13.8. The number of hydrogen-bond donors (Lipinski definition) is 2. The highest BCUT2D eigenvalue weighted by molar-refractivity contribution is 5.84. The Morgan fingerprint density at radius 2 is 2.12 bits per heavy atom. The summed E-state index contributed by atoms with van der Waals surface area (Å²) in [5, 5.41) is 3.79. The van der Waals surface area contributed by atoms with Crippen molar-refractivity contribution in [3.8, 4) is 0 Å². The van der Waals surface area contributed by atoms with E-state index in [1.807, 2.05) is 12.1 Å². The summed E-state index contributed by atoms with van der Waals surface area (Å²) in [7, 11) is 1.48. The monoisotopic (exact) mass is 217 g/mol. The maximum absolute atomic E-state index is 11.9. The molecule has 0 saturated carbocycles. The first-order valence-corrected chi connectivity index (χ1v) is 5.16. The number of nitrogens with zero attached hydrogens (tertiary/aromatic N) is 1. The van der Waals surface area contributed by atoms with Gasteiger partial charge in [0.15, 0.2) is 0 Å². The van der Waals surface area contributed by atoms with Gasteiger partial charge in [-0.3, -0.25) is 9.36 Å². The highest BCUT2D eigenvalue weighted by atomic mass is 16.2. The molecule has 1 aliphatic rings. The summed E-state index contributed by atoms with van der Waals surface area (Å²) < 4.78 is 1.09. The largest absolute Gasteiger partial charge is 0.384 e. The summed E-state index contributed by atoms with van der Waals surface area (Å²) in [6, 6.07) is 3.70. The zero-order valence-electron chi connectivity index (χ0n) is 8.83. The number of rotatable bonds is 0. The van der Waals surface area contributed by atoms with Crippen LogP contribution in [0, 0.1) is 0 Å². The Balaban J connectivity index is 2.50. The van der Waals surface area contributed by atoms with Crippen LogP contribution >= 0.6 is 0 Å². The number of aromatic amines is 1. The van der Waals surface area contributed by atoms with Crippen LogP contribution in [0.25, 0.3) is 10.9 Å². The van der Waals surface area contributed by atoms with Gasteiger partial charge in [-0.1, -0.05) is 0 Å². The summed E-state index contributed by atoms with van der Waals surface area (Å²) in [6.45, 7) is 0.885. The van der Waals surface area contributed by atoms with Crippen LogP contribution in [0.3, 0.4) is 0 Å². The minimum atomic E-state index is -0.379. The molecule has 2 heterocycles. The molecule has 0 bridgehead atoms. The van der Waals surface area contributed by atoms with E-state index in [-0.39, 0.29) is 11.2 Å². The van der Waals surface area contributed by atoms with Crippen molar-refractivity contribution in [3.63, 3.8) is 0 Å². The van der Waals surface area contributed by atoms with Gasteiger partial charge in [0.05, 0.1) is 10.9 Å². The lowest BCUT2D eigenvalue weighted by atomic mass is 10.1. The van der Waals surface area contributed by atoms with E-state index >= 15 is 0 Å². The first-order chi connectivity index (χ1) is 7.66. The fourth-order valence-electron chi connectivity index (χ4n) is 2.10. The molecule has 2 N–H and O–H groups in total. The standard InChI is InChI=1S/C11H11N3O2/c1-14-10(15)7-4-6-2-3-12-8(6)5-9(7)13-11(14)16/h4-5,12H,2-3H2,1H3,(H,13,16). The Hall–Kier alpha value is -2.04. The van der Waals surface area contributed by atoms with Crippen LogP contribution in [0.2, 0.25) is 0 Å². The lowest BCUT2D eigenvalue weighted by molar-refractivity contribution is 0.794. The molecule has 5 heteroatoms. The van der Waals surface area contributed by atoms with Crippen LogP contribution in [0.1, 0.15) is 5.56 Å². The molecule has 1 aromatic carbocycles. The van der Waals surface area contributed by atoms with E-state index in [9.17, 15) is 9.59 Å². The van der Waals surface area contributed by atoms with E-state index < -0.39 is 0 Å². The molecule has 0 aliphatic carbocycles. The molecule has 0 atom stereocenters. The van der Waals surface area contributed by atoms with Crippen LogP contribution < -0.4 is 16.6 Å². The summed E-state index contributed by atoms with van der Waals surface area (Å²) >= 11 is 0. The van der Waals surface area contributed by atoms with E-state index in [2.05, 4.69) is 10.3 Å². The Morgan fingerprint density at radius 1 is 1.31 bits per heavy atom. The van der Waals surface area contributed by atoms with Crippen LogP contribution in [-0.2, 0) is 13.5 Å². The summed E-state index contributed by atoms with van der Waals surface area (Å²) in [6.07, 6.45) is 0.924. The highest BCUT2D eigenvalue weighted by Gasteiger charge is 2.13. The molecule has 0 radical (unpaired) electrons. The smallest absolute Gasteiger partial charge is 0.328 e. The average Bonchev–Trinajstić information content (AvgIpc) is 2.71. The first kappa shape index (κ1) is 9.21. The molecule has 0 amide bonds. The third-order valence-corrected chi connectivity index (χ3v) is 3.03. The fourth-order valence-corrected chi connectivity index (χ4v) is 2.10. The van der Waals surface area contributed by atoms with Gasteiger partial charge in [-0.2, -0.15) is 0 Å². The topological polar surface area (TPSA) is 66.9 Å². The predicted molar refractivity (Wildman–Crippen MR) is 62.0 cm³/mol. The zero-order chi connectivity index (χ0) is 11.3. The second-order valence-corrected chi connectivity index (χ2v) is 4.03.